The van der Waals surface area contributed by atoms with Crippen molar-refractivity contribution in [3.05, 3.63) is 22.3 Å². The largest absolute Gasteiger partial charge is 0.351 e. The molecule has 1 N–H and O–H groups in total. The molecule has 21 heavy (non-hydrogen) atoms. The van der Waals surface area contributed by atoms with Crippen LogP contribution in [0.2, 0.25) is 0 Å². The van der Waals surface area contributed by atoms with E-state index in [1.54, 1.807) is 6.21 Å². The Balaban J connectivity index is 2.91. The van der Waals surface area contributed by atoms with Crippen LogP contribution in [0, 0.1) is 0 Å². The number of amides is 1. The molecule has 1 aromatic rings. The molecule has 0 spiro atoms. The van der Waals surface area contributed by atoms with Crippen molar-refractivity contribution in [3.63, 3.8) is 0 Å². The van der Waals surface area contributed by atoms with Crippen LogP contribution < -0.4 is 15.9 Å². The summed E-state index contributed by atoms with van der Waals surface area (Å²) in [5.74, 6) is -0.0688. The maximum absolute atomic E-state index is 12.2. The maximum Gasteiger partial charge on any atom is 0.267 e. The topological polar surface area (TPSA) is 49.6 Å². The first-order valence-corrected chi connectivity index (χ1v) is 7.15. The van der Waals surface area contributed by atoms with Gasteiger partial charge in [-0.15, -0.1) is 0 Å². The molecule has 1 heterocycles. The molecule has 0 aliphatic heterocycles. The Morgan fingerprint density at radius 3 is 2.76 bits per heavy atom. The average molecular weight is 290 g/mol. The molecule has 116 valence electrons. The fraction of sp³-hybridized carbons (Fsp3) is 0.500. The van der Waals surface area contributed by atoms with Crippen molar-refractivity contribution >= 4 is 24.4 Å². The molecule has 1 amide bonds. The van der Waals surface area contributed by atoms with Gasteiger partial charge in [0.1, 0.15) is 5.69 Å². The van der Waals surface area contributed by atoms with Gasteiger partial charge in [-0.05, 0) is 52.2 Å². The summed E-state index contributed by atoms with van der Waals surface area (Å²) >= 11 is 0. The summed E-state index contributed by atoms with van der Waals surface area (Å²) in [6.45, 7) is 9.42. The van der Waals surface area contributed by atoms with Crippen LogP contribution in [-0.2, 0) is 7.05 Å². The Labute approximate surface area is 126 Å². The van der Waals surface area contributed by atoms with E-state index in [1.807, 2.05) is 45.6 Å². The van der Waals surface area contributed by atoms with Crippen molar-refractivity contribution in [2.24, 2.45) is 12.0 Å². The summed E-state index contributed by atoms with van der Waals surface area (Å²) in [6.07, 6.45) is 2.67. The summed E-state index contributed by atoms with van der Waals surface area (Å²) in [7, 11) is 5.91. The van der Waals surface area contributed by atoms with Crippen molar-refractivity contribution in [1.82, 2.24) is 14.8 Å². The van der Waals surface area contributed by atoms with E-state index in [0.29, 0.717) is 12.2 Å². The van der Waals surface area contributed by atoms with Gasteiger partial charge in [0.2, 0.25) is 0 Å². The molecule has 0 radical (unpaired) electrons. The Hall–Kier alpha value is -1.88. The van der Waals surface area contributed by atoms with E-state index in [-0.39, 0.29) is 5.91 Å². The highest BCUT2D eigenvalue weighted by molar-refractivity contribution is 5.92. The molecule has 0 bridgehead atoms. The predicted molar refractivity (Wildman–Crippen MR) is 88.9 cm³/mol. The minimum Gasteiger partial charge on any atom is -0.351 e. The third kappa shape index (κ3) is 4.56. The molecule has 1 aromatic heterocycles. The van der Waals surface area contributed by atoms with Gasteiger partial charge in [-0.25, -0.2) is 0 Å². The Morgan fingerprint density at radius 1 is 1.52 bits per heavy atom. The van der Waals surface area contributed by atoms with E-state index >= 15 is 0 Å². The summed E-state index contributed by atoms with van der Waals surface area (Å²) in [4.78, 5) is 18.6. The molecule has 0 aliphatic rings. The monoisotopic (exact) mass is 290 g/mol. The second-order valence-electron chi connectivity index (χ2n) is 5.35. The third-order valence-corrected chi connectivity index (χ3v) is 3.28. The van der Waals surface area contributed by atoms with Gasteiger partial charge in [-0.3, -0.25) is 9.79 Å². The first kappa shape index (κ1) is 17.2. The number of aromatic nitrogens is 1. The molecular formula is C16H26N4O. The Morgan fingerprint density at radius 2 is 2.19 bits per heavy atom. The second kappa shape index (κ2) is 7.78. The van der Waals surface area contributed by atoms with Gasteiger partial charge in [0.05, 0.1) is 11.0 Å². The summed E-state index contributed by atoms with van der Waals surface area (Å²) in [6, 6.07) is 1.81. The van der Waals surface area contributed by atoms with Crippen molar-refractivity contribution in [1.29, 1.82) is 0 Å². The number of hydrogen-bond acceptors (Lipinski definition) is 3. The van der Waals surface area contributed by atoms with Gasteiger partial charge in [-0.2, -0.15) is 0 Å². The predicted octanol–water partition coefficient (Wildman–Crippen LogP) is 0.336. The number of rotatable bonds is 6. The first-order valence-electron chi connectivity index (χ1n) is 7.15. The lowest BCUT2D eigenvalue weighted by atomic mass is 10.3. The van der Waals surface area contributed by atoms with Crippen LogP contribution in [0.4, 0.5) is 0 Å². The SMILES string of the molecule is C=c1cc(C(=O)NCCCN(C)C)n(C)/c1=C(\C)N=CC. The van der Waals surface area contributed by atoms with Crippen LogP contribution >= 0.6 is 0 Å². The molecule has 0 fully saturated rings. The van der Waals surface area contributed by atoms with Crippen molar-refractivity contribution in [2.45, 2.75) is 20.3 Å². The molecule has 0 aromatic carbocycles. The minimum atomic E-state index is -0.0688. The molecular weight excluding hydrogens is 264 g/mol. The normalized spacial score (nSPS) is 13.0. The van der Waals surface area contributed by atoms with Crippen LogP contribution in [0.1, 0.15) is 30.8 Å². The second-order valence-corrected chi connectivity index (χ2v) is 5.35. The van der Waals surface area contributed by atoms with Gasteiger partial charge in [0, 0.05) is 19.8 Å². The number of nitrogens with one attached hydrogen (secondary N) is 1. The van der Waals surface area contributed by atoms with Crippen molar-refractivity contribution in [3.8, 4) is 0 Å². The van der Waals surface area contributed by atoms with Gasteiger partial charge < -0.3 is 14.8 Å². The van der Waals surface area contributed by atoms with Gasteiger partial charge >= 0.3 is 0 Å². The quantitative estimate of drug-likeness (QED) is 0.606. The average Bonchev–Trinajstić information content (AvgIpc) is 2.70. The highest BCUT2D eigenvalue weighted by atomic mass is 16.1. The molecule has 0 unspecified atom stereocenters. The van der Waals surface area contributed by atoms with Crippen molar-refractivity contribution < 1.29 is 4.79 Å². The van der Waals surface area contributed by atoms with E-state index in [9.17, 15) is 4.79 Å². The zero-order chi connectivity index (χ0) is 16.0. The zero-order valence-corrected chi connectivity index (χ0v) is 13.7. The summed E-state index contributed by atoms with van der Waals surface area (Å²) in [5, 5.41) is 4.66. The molecule has 5 nitrogen and oxygen atoms in total. The van der Waals surface area contributed by atoms with Crippen LogP contribution in [0.15, 0.2) is 11.1 Å². The molecule has 1 rings (SSSR count). The first-order chi connectivity index (χ1) is 9.88. The number of carbonyl (C=O) groups is 1. The van der Waals surface area contributed by atoms with E-state index in [1.165, 1.54) is 0 Å². The van der Waals surface area contributed by atoms with Gasteiger partial charge in [0.15, 0.2) is 0 Å². The highest BCUT2D eigenvalue weighted by Crippen LogP contribution is 1.96. The lowest BCUT2D eigenvalue weighted by molar-refractivity contribution is 0.0944. The van der Waals surface area contributed by atoms with Crippen LogP contribution in [0.25, 0.3) is 12.3 Å². The van der Waals surface area contributed by atoms with E-state index in [4.69, 9.17) is 0 Å². The van der Waals surface area contributed by atoms with E-state index < -0.39 is 0 Å². The zero-order valence-electron chi connectivity index (χ0n) is 13.7. The smallest absolute Gasteiger partial charge is 0.267 e. The summed E-state index contributed by atoms with van der Waals surface area (Å²) in [5.41, 5.74) is 1.47. The van der Waals surface area contributed by atoms with Gasteiger partial charge in [0.25, 0.3) is 5.91 Å². The minimum absolute atomic E-state index is 0.0688. The lowest BCUT2D eigenvalue weighted by Gasteiger charge is -2.10. The van der Waals surface area contributed by atoms with E-state index in [2.05, 4.69) is 21.8 Å². The molecule has 5 heteroatoms. The fourth-order valence-electron chi connectivity index (χ4n) is 2.30. The molecule has 0 atom stereocenters. The fourth-order valence-corrected chi connectivity index (χ4v) is 2.30. The Bertz CT molecular complexity index is 625. The highest BCUT2D eigenvalue weighted by Gasteiger charge is 2.11. The molecule has 0 saturated carbocycles. The van der Waals surface area contributed by atoms with Crippen LogP contribution in [-0.4, -0.2) is 48.8 Å². The lowest BCUT2D eigenvalue weighted by Crippen LogP contribution is -2.32. The van der Waals surface area contributed by atoms with Crippen LogP contribution in [0.3, 0.4) is 0 Å². The van der Waals surface area contributed by atoms with Crippen LogP contribution in [0.5, 0.6) is 0 Å². The molecule has 0 saturated heterocycles. The van der Waals surface area contributed by atoms with Crippen molar-refractivity contribution in [2.75, 3.05) is 27.2 Å². The summed E-state index contributed by atoms with van der Waals surface area (Å²) < 4.78 is 1.85. The number of nitrogens with zero attached hydrogens (tertiary/aromatic N) is 3. The number of hydrogen-bond donors (Lipinski definition) is 1. The molecule has 0 aliphatic carbocycles. The standard InChI is InChI=1S/C16H26N4O/c1-7-17-13(3)15-12(2)11-14(20(15)6)16(21)18-9-8-10-19(4)5/h7,11H,2,8-10H2,1,3-6H3,(H,18,21)/b15-13+,17-7?. The third-order valence-electron chi connectivity index (χ3n) is 3.28. The van der Waals surface area contributed by atoms with E-state index in [0.717, 1.165) is 29.2 Å². The maximum atomic E-state index is 12.2. The van der Waals surface area contributed by atoms with Gasteiger partial charge in [-0.1, -0.05) is 6.58 Å². The number of carbonyl (C=O) groups excluding carboxylic acids is 1. The number of aliphatic imine (C=N–C) groups is 1. The Kier molecular flexibility index (Phi) is 6.37.